The van der Waals surface area contributed by atoms with Crippen LogP contribution in [0.5, 0.6) is 0 Å². The van der Waals surface area contributed by atoms with Crippen LogP contribution in [0.3, 0.4) is 0 Å². The summed E-state index contributed by atoms with van der Waals surface area (Å²) in [5.41, 5.74) is 3.64. The first-order valence-electron chi connectivity index (χ1n) is 7.83. The van der Waals surface area contributed by atoms with Crippen LogP contribution >= 0.6 is 0 Å². The molecule has 2 aromatic rings. The summed E-state index contributed by atoms with van der Waals surface area (Å²) in [6.45, 7) is 3.54. The summed E-state index contributed by atoms with van der Waals surface area (Å²) in [6.07, 6.45) is 4.26. The highest BCUT2D eigenvalue weighted by molar-refractivity contribution is 5.94. The SMILES string of the molecule is CCc1ccccc1Nc1cncc(C(=O)NCCN(C)C)c1. The first kappa shape index (κ1) is 17.0. The van der Waals surface area contributed by atoms with E-state index in [-0.39, 0.29) is 5.91 Å². The molecule has 1 heterocycles. The number of hydrogen-bond acceptors (Lipinski definition) is 4. The minimum Gasteiger partial charge on any atom is -0.354 e. The van der Waals surface area contributed by atoms with Crippen LogP contribution in [0.15, 0.2) is 42.7 Å². The van der Waals surface area contributed by atoms with Crippen molar-refractivity contribution in [2.75, 3.05) is 32.5 Å². The Morgan fingerprint density at radius 3 is 2.74 bits per heavy atom. The molecule has 122 valence electrons. The van der Waals surface area contributed by atoms with Gasteiger partial charge in [0.1, 0.15) is 0 Å². The molecule has 0 unspecified atom stereocenters. The summed E-state index contributed by atoms with van der Waals surface area (Å²) >= 11 is 0. The summed E-state index contributed by atoms with van der Waals surface area (Å²) in [5.74, 6) is -0.105. The van der Waals surface area contributed by atoms with E-state index in [1.807, 2.05) is 43.3 Å². The van der Waals surface area contributed by atoms with Crippen molar-refractivity contribution in [2.45, 2.75) is 13.3 Å². The number of anilines is 2. The van der Waals surface area contributed by atoms with E-state index in [0.717, 1.165) is 24.3 Å². The Morgan fingerprint density at radius 2 is 2.00 bits per heavy atom. The maximum Gasteiger partial charge on any atom is 0.252 e. The highest BCUT2D eigenvalue weighted by Gasteiger charge is 2.07. The molecule has 0 aliphatic heterocycles. The maximum absolute atomic E-state index is 12.2. The van der Waals surface area contributed by atoms with Crippen LogP contribution in [0, 0.1) is 0 Å². The molecule has 0 atom stereocenters. The normalized spacial score (nSPS) is 10.6. The lowest BCUT2D eigenvalue weighted by atomic mass is 10.1. The van der Waals surface area contributed by atoms with E-state index >= 15 is 0 Å². The first-order chi connectivity index (χ1) is 11.1. The van der Waals surface area contributed by atoms with Gasteiger partial charge >= 0.3 is 0 Å². The molecular weight excluding hydrogens is 288 g/mol. The Balaban J connectivity index is 2.06. The number of likely N-dealkylation sites (N-methyl/N-ethyl adjacent to an activating group) is 1. The molecule has 5 heteroatoms. The van der Waals surface area contributed by atoms with Gasteiger partial charge < -0.3 is 15.5 Å². The van der Waals surface area contributed by atoms with Gasteiger partial charge in [-0.3, -0.25) is 9.78 Å². The summed E-state index contributed by atoms with van der Waals surface area (Å²) < 4.78 is 0. The number of aryl methyl sites for hydroxylation is 1. The molecule has 0 aliphatic carbocycles. The lowest BCUT2D eigenvalue weighted by molar-refractivity contribution is 0.0950. The molecule has 0 fully saturated rings. The monoisotopic (exact) mass is 312 g/mol. The van der Waals surface area contributed by atoms with Crippen LogP contribution in [0.4, 0.5) is 11.4 Å². The van der Waals surface area contributed by atoms with Crippen LogP contribution in [-0.4, -0.2) is 43.0 Å². The van der Waals surface area contributed by atoms with Crippen molar-refractivity contribution in [1.29, 1.82) is 0 Å². The van der Waals surface area contributed by atoms with Crippen molar-refractivity contribution >= 4 is 17.3 Å². The van der Waals surface area contributed by atoms with Gasteiger partial charge in [0.15, 0.2) is 0 Å². The third-order valence-electron chi connectivity index (χ3n) is 3.52. The van der Waals surface area contributed by atoms with Crippen molar-refractivity contribution in [1.82, 2.24) is 15.2 Å². The van der Waals surface area contributed by atoms with Crippen molar-refractivity contribution in [3.05, 3.63) is 53.9 Å². The van der Waals surface area contributed by atoms with Gasteiger partial charge in [-0.25, -0.2) is 0 Å². The van der Waals surface area contributed by atoms with E-state index < -0.39 is 0 Å². The van der Waals surface area contributed by atoms with Gasteiger partial charge in [0.25, 0.3) is 5.91 Å². The van der Waals surface area contributed by atoms with Crippen LogP contribution in [0.25, 0.3) is 0 Å². The van der Waals surface area contributed by atoms with E-state index in [4.69, 9.17) is 0 Å². The molecule has 0 radical (unpaired) electrons. The van der Waals surface area contributed by atoms with Crippen molar-refractivity contribution in [2.24, 2.45) is 0 Å². The van der Waals surface area contributed by atoms with Crippen LogP contribution in [0.1, 0.15) is 22.8 Å². The first-order valence-corrected chi connectivity index (χ1v) is 7.83. The van der Waals surface area contributed by atoms with E-state index in [1.54, 1.807) is 12.4 Å². The largest absolute Gasteiger partial charge is 0.354 e. The standard InChI is InChI=1S/C18H24N4O/c1-4-14-7-5-6-8-17(14)21-16-11-15(12-19-13-16)18(23)20-9-10-22(2)3/h5-8,11-13,21H,4,9-10H2,1-3H3,(H,20,23). The average molecular weight is 312 g/mol. The van der Waals surface area contributed by atoms with E-state index in [0.29, 0.717) is 12.1 Å². The van der Waals surface area contributed by atoms with Crippen molar-refractivity contribution in [3.63, 3.8) is 0 Å². The second kappa shape index (κ2) is 8.29. The molecule has 0 saturated heterocycles. The fourth-order valence-electron chi connectivity index (χ4n) is 2.23. The minimum atomic E-state index is -0.105. The lowest BCUT2D eigenvalue weighted by Gasteiger charge is -2.12. The number of rotatable bonds is 7. The fourth-order valence-corrected chi connectivity index (χ4v) is 2.23. The number of hydrogen-bond donors (Lipinski definition) is 2. The van der Waals surface area contributed by atoms with Gasteiger partial charge in [-0.05, 0) is 38.2 Å². The third-order valence-corrected chi connectivity index (χ3v) is 3.52. The molecule has 0 aliphatic rings. The summed E-state index contributed by atoms with van der Waals surface area (Å²) in [7, 11) is 3.95. The number of nitrogens with zero attached hydrogens (tertiary/aromatic N) is 2. The van der Waals surface area contributed by atoms with Crippen LogP contribution in [0.2, 0.25) is 0 Å². The Kier molecular flexibility index (Phi) is 6.11. The van der Waals surface area contributed by atoms with E-state index in [9.17, 15) is 4.79 Å². The lowest BCUT2D eigenvalue weighted by Crippen LogP contribution is -2.31. The Morgan fingerprint density at radius 1 is 1.22 bits per heavy atom. The van der Waals surface area contributed by atoms with Crippen molar-refractivity contribution in [3.8, 4) is 0 Å². The summed E-state index contributed by atoms with van der Waals surface area (Å²) in [5, 5.41) is 6.24. The van der Waals surface area contributed by atoms with Gasteiger partial charge in [-0.15, -0.1) is 0 Å². The molecule has 2 rings (SSSR count). The second-order valence-electron chi connectivity index (χ2n) is 5.66. The highest BCUT2D eigenvalue weighted by Crippen LogP contribution is 2.21. The topological polar surface area (TPSA) is 57.3 Å². The summed E-state index contributed by atoms with van der Waals surface area (Å²) in [6, 6.07) is 9.96. The predicted octanol–water partition coefficient (Wildman–Crippen LogP) is 2.68. The number of aromatic nitrogens is 1. The van der Waals surface area contributed by atoms with Crippen LogP contribution in [-0.2, 0) is 6.42 Å². The third kappa shape index (κ3) is 5.07. The molecule has 1 aromatic carbocycles. The van der Waals surface area contributed by atoms with Gasteiger partial charge in [-0.2, -0.15) is 0 Å². The zero-order chi connectivity index (χ0) is 16.7. The molecule has 1 aromatic heterocycles. The van der Waals surface area contributed by atoms with E-state index in [2.05, 4.69) is 28.6 Å². The Labute approximate surface area is 137 Å². The van der Waals surface area contributed by atoms with Gasteiger partial charge in [0, 0.05) is 25.0 Å². The van der Waals surface area contributed by atoms with Gasteiger partial charge in [0.05, 0.1) is 17.4 Å². The second-order valence-corrected chi connectivity index (χ2v) is 5.66. The average Bonchev–Trinajstić information content (AvgIpc) is 2.55. The molecule has 0 spiro atoms. The molecule has 0 bridgehead atoms. The van der Waals surface area contributed by atoms with Gasteiger partial charge in [0.2, 0.25) is 0 Å². The van der Waals surface area contributed by atoms with Crippen LogP contribution < -0.4 is 10.6 Å². The fraction of sp³-hybridized carbons (Fsp3) is 0.333. The highest BCUT2D eigenvalue weighted by atomic mass is 16.1. The minimum absolute atomic E-state index is 0.105. The molecule has 5 nitrogen and oxygen atoms in total. The van der Waals surface area contributed by atoms with Crippen molar-refractivity contribution < 1.29 is 4.79 Å². The quantitative estimate of drug-likeness (QED) is 0.825. The molecule has 1 amide bonds. The number of nitrogens with one attached hydrogen (secondary N) is 2. The van der Waals surface area contributed by atoms with E-state index in [1.165, 1.54) is 5.56 Å². The molecular formula is C18H24N4O. The number of para-hydroxylation sites is 1. The number of carbonyl (C=O) groups is 1. The number of carbonyl (C=O) groups excluding carboxylic acids is 1. The Bertz CT molecular complexity index is 655. The molecule has 23 heavy (non-hydrogen) atoms. The number of benzene rings is 1. The zero-order valence-corrected chi connectivity index (χ0v) is 14.0. The summed E-state index contributed by atoms with van der Waals surface area (Å²) in [4.78, 5) is 18.3. The maximum atomic E-state index is 12.2. The Hall–Kier alpha value is -2.40. The smallest absolute Gasteiger partial charge is 0.252 e. The zero-order valence-electron chi connectivity index (χ0n) is 14.0. The predicted molar refractivity (Wildman–Crippen MR) is 94.2 cm³/mol. The number of pyridine rings is 1. The molecule has 0 saturated carbocycles. The molecule has 2 N–H and O–H groups in total. The number of amides is 1. The van der Waals surface area contributed by atoms with Gasteiger partial charge in [-0.1, -0.05) is 25.1 Å².